The molecule has 0 radical (unpaired) electrons. The number of imidazole rings is 1. The van der Waals surface area contributed by atoms with Crippen molar-refractivity contribution in [1.29, 1.82) is 0 Å². The predicted octanol–water partition coefficient (Wildman–Crippen LogP) is 1.38. The average Bonchev–Trinajstić information content (AvgIpc) is 3.13. The predicted molar refractivity (Wildman–Crippen MR) is 88.2 cm³/mol. The molecule has 0 unspecified atom stereocenters. The van der Waals surface area contributed by atoms with Crippen LogP contribution in [0.3, 0.4) is 0 Å². The maximum atomic E-state index is 11.3. The molecule has 1 aliphatic rings. The van der Waals surface area contributed by atoms with Gasteiger partial charge in [-0.05, 0) is 12.1 Å². The summed E-state index contributed by atoms with van der Waals surface area (Å²) in [6.45, 7) is 5.16. The highest BCUT2D eigenvalue weighted by Gasteiger charge is 2.13. The molecule has 1 aromatic carbocycles. The van der Waals surface area contributed by atoms with Crippen LogP contribution in [0.15, 0.2) is 28.4 Å². The van der Waals surface area contributed by atoms with E-state index >= 15 is 0 Å². The van der Waals surface area contributed by atoms with Crippen molar-refractivity contribution in [3.8, 4) is 11.3 Å². The number of thiazole rings is 1. The molecule has 4 rings (SSSR count). The topological polar surface area (TPSA) is 76.8 Å². The summed E-state index contributed by atoms with van der Waals surface area (Å²) >= 11 is 1.70. The molecule has 0 aliphatic carbocycles. The zero-order chi connectivity index (χ0) is 14.9. The number of nitrogens with one attached hydrogen (secondary N) is 3. The molecular weight excluding hydrogens is 298 g/mol. The van der Waals surface area contributed by atoms with Crippen molar-refractivity contribution < 1.29 is 0 Å². The summed E-state index contributed by atoms with van der Waals surface area (Å²) in [6.07, 6.45) is 0. The summed E-state index contributed by atoms with van der Waals surface area (Å²) in [5.74, 6) is 0. The Balaban J connectivity index is 1.57. The van der Waals surface area contributed by atoms with Gasteiger partial charge in [-0.1, -0.05) is 6.07 Å². The van der Waals surface area contributed by atoms with E-state index in [1.54, 1.807) is 11.3 Å². The van der Waals surface area contributed by atoms with Crippen LogP contribution in [0.5, 0.6) is 0 Å². The molecule has 1 fully saturated rings. The maximum Gasteiger partial charge on any atom is 0.323 e. The Morgan fingerprint density at radius 1 is 1.18 bits per heavy atom. The number of H-pyrrole nitrogens is 2. The Labute approximate surface area is 131 Å². The Kier molecular flexibility index (Phi) is 3.53. The fourth-order valence-corrected chi connectivity index (χ4v) is 3.61. The highest BCUT2D eigenvalue weighted by atomic mass is 32.1. The number of hydrogen-bond donors (Lipinski definition) is 3. The quantitative estimate of drug-likeness (QED) is 0.682. The number of rotatable bonds is 3. The molecule has 7 heteroatoms. The van der Waals surface area contributed by atoms with E-state index in [0.29, 0.717) is 0 Å². The first-order chi connectivity index (χ1) is 10.8. The van der Waals surface area contributed by atoms with E-state index in [0.717, 1.165) is 60.0 Å². The first-order valence-electron chi connectivity index (χ1n) is 7.38. The lowest BCUT2D eigenvalue weighted by molar-refractivity contribution is 0.233. The van der Waals surface area contributed by atoms with Crippen LogP contribution in [0.1, 0.15) is 5.01 Å². The van der Waals surface area contributed by atoms with Crippen LogP contribution in [0.4, 0.5) is 0 Å². The van der Waals surface area contributed by atoms with Crippen molar-refractivity contribution >= 4 is 22.4 Å². The molecule has 0 saturated carbocycles. The van der Waals surface area contributed by atoms with Gasteiger partial charge in [0.05, 0.1) is 23.3 Å². The lowest BCUT2D eigenvalue weighted by atomic mass is 10.1. The maximum absolute atomic E-state index is 11.3. The van der Waals surface area contributed by atoms with Gasteiger partial charge < -0.3 is 15.3 Å². The van der Waals surface area contributed by atoms with Gasteiger partial charge in [-0.25, -0.2) is 9.78 Å². The van der Waals surface area contributed by atoms with Gasteiger partial charge in [0.1, 0.15) is 5.01 Å². The van der Waals surface area contributed by atoms with Gasteiger partial charge in [0.2, 0.25) is 0 Å². The largest absolute Gasteiger partial charge is 0.323 e. The number of nitrogens with zero attached hydrogens (tertiary/aromatic N) is 2. The Bertz CT molecular complexity index is 843. The number of aromatic amines is 2. The van der Waals surface area contributed by atoms with Crippen molar-refractivity contribution in [2.24, 2.45) is 0 Å². The fraction of sp³-hybridized carbons (Fsp3) is 0.333. The minimum absolute atomic E-state index is 0.176. The lowest BCUT2D eigenvalue weighted by Crippen LogP contribution is -2.42. The number of hydrogen-bond acceptors (Lipinski definition) is 5. The molecule has 0 atom stereocenters. The monoisotopic (exact) mass is 315 g/mol. The SMILES string of the molecule is O=c1[nH]c2ccc(-c3csc(CN4CCNCC4)n3)cc2[nH]1. The van der Waals surface area contributed by atoms with Gasteiger partial charge in [-0.2, -0.15) is 0 Å². The van der Waals surface area contributed by atoms with Gasteiger partial charge in [0.15, 0.2) is 0 Å². The van der Waals surface area contributed by atoms with Crippen molar-refractivity contribution in [2.45, 2.75) is 6.54 Å². The Hall–Kier alpha value is -1.96. The van der Waals surface area contributed by atoms with Crippen molar-refractivity contribution in [3.63, 3.8) is 0 Å². The molecular formula is C15H17N5OS. The third-order valence-electron chi connectivity index (χ3n) is 3.93. The van der Waals surface area contributed by atoms with E-state index in [1.807, 2.05) is 18.2 Å². The van der Waals surface area contributed by atoms with Crippen LogP contribution in [-0.4, -0.2) is 46.0 Å². The highest BCUT2D eigenvalue weighted by molar-refractivity contribution is 7.09. The summed E-state index contributed by atoms with van der Waals surface area (Å²) in [4.78, 5) is 24.0. The minimum Gasteiger partial charge on any atom is -0.314 e. The second-order valence-corrected chi connectivity index (χ2v) is 6.43. The van der Waals surface area contributed by atoms with E-state index in [-0.39, 0.29) is 5.69 Å². The molecule has 0 bridgehead atoms. The molecule has 3 heterocycles. The van der Waals surface area contributed by atoms with Gasteiger partial charge in [-0.3, -0.25) is 4.90 Å². The van der Waals surface area contributed by atoms with Gasteiger partial charge in [-0.15, -0.1) is 11.3 Å². The van der Waals surface area contributed by atoms with E-state index in [4.69, 9.17) is 4.98 Å². The molecule has 2 aromatic heterocycles. The molecule has 0 amide bonds. The third kappa shape index (κ3) is 2.70. The zero-order valence-corrected chi connectivity index (χ0v) is 12.9. The van der Waals surface area contributed by atoms with Crippen LogP contribution in [0.2, 0.25) is 0 Å². The Morgan fingerprint density at radius 2 is 2.00 bits per heavy atom. The van der Waals surface area contributed by atoms with Crippen LogP contribution in [0, 0.1) is 0 Å². The van der Waals surface area contributed by atoms with Gasteiger partial charge in [0, 0.05) is 37.1 Å². The molecule has 6 nitrogen and oxygen atoms in total. The summed E-state index contributed by atoms with van der Waals surface area (Å²) in [5, 5.41) is 6.59. The summed E-state index contributed by atoms with van der Waals surface area (Å²) in [5.41, 5.74) is 3.47. The van der Waals surface area contributed by atoms with E-state index < -0.39 is 0 Å². The van der Waals surface area contributed by atoms with Gasteiger partial charge >= 0.3 is 5.69 Å². The first-order valence-corrected chi connectivity index (χ1v) is 8.26. The number of aromatic nitrogens is 3. The first kappa shape index (κ1) is 13.7. The molecule has 22 heavy (non-hydrogen) atoms. The van der Waals surface area contributed by atoms with E-state index in [1.165, 1.54) is 0 Å². The summed E-state index contributed by atoms with van der Waals surface area (Å²) in [7, 11) is 0. The third-order valence-corrected chi connectivity index (χ3v) is 4.77. The van der Waals surface area contributed by atoms with E-state index in [9.17, 15) is 4.79 Å². The molecule has 3 N–H and O–H groups in total. The molecule has 1 saturated heterocycles. The zero-order valence-electron chi connectivity index (χ0n) is 12.1. The molecule has 114 valence electrons. The standard InChI is InChI=1S/C15H17N5OS/c21-15-18-11-2-1-10(7-12(11)19-15)13-9-22-14(17-13)8-20-5-3-16-4-6-20/h1-2,7,9,16H,3-6,8H2,(H2,18,19,21). The van der Waals surface area contributed by atoms with Crippen LogP contribution in [0.25, 0.3) is 22.3 Å². The summed E-state index contributed by atoms with van der Waals surface area (Å²) in [6, 6.07) is 5.88. The summed E-state index contributed by atoms with van der Waals surface area (Å²) < 4.78 is 0. The second kappa shape index (κ2) is 5.68. The number of fused-ring (bicyclic) bond motifs is 1. The van der Waals surface area contributed by atoms with Crippen LogP contribution < -0.4 is 11.0 Å². The van der Waals surface area contributed by atoms with Crippen molar-refractivity contribution in [1.82, 2.24) is 25.2 Å². The smallest absolute Gasteiger partial charge is 0.314 e. The van der Waals surface area contributed by atoms with Crippen molar-refractivity contribution in [2.75, 3.05) is 26.2 Å². The number of piperazine rings is 1. The van der Waals surface area contributed by atoms with Crippen LogP contribution in [-0.2, 0) is 6.54 Å². The normalized spacial score (nSPS) is 16.4. The minimum atomic E-state index is -0.176. The van der Waals surface area contributed by atoms with Crippen LogP contribution >= 0.6 is 11.3 Å². The number of benzene rings is 1. The lowest BCUT2D eigenvalue weighted by Gasteiger charge is -2.26. The second-order valence-electron chi connectivity index (χ2n) is 5.49. The Morgan fingerprint density at radius 3 is 2.86 bits per heavy atom. The highest BCUT2D eigenvalue weighted by Crippen LogP contribution is 2.24. The van der Waals surface area contributed by atoms with Gasteiger partial charge in [0.25, 0.3) is 0 Å². The average molecular weight is 315 g/mol. The fourth-order valence-electron chi connectivity index (χ4n) is 2.77. The van der Waals surface area contributed by atoms with Crippen molar-refractivity contribution in [3.05, 3.63) is 39.1 Å². The molecule has 0 spiro atoms. The van der Waals surface area contributed by atoms with E-state index in [2.05, 4.69) is 25.6 Å². The molecule has 1 aliphatic heterocycles. The molecule has 3 aromatic rings.